The first-order valence-electron chi connectivity index (χ1n) is 18.1. The van der Waals surface area contributed by atoms with Gasteiger partial charge in [-0.15, -0.1) is 0 Å². The largest absolute Gasteiger partial charge is 0.504 e. The lowest BCUT2D eigenvalue weighted by Gasteiger charge is -2.18. The van der Waals surface area contributed by atoms with E-state index in [1.807, 2.05) is 0 Å². The highest BCUT2D eigenvalue weighted by molar-refractivity contribution is 5.87. The summed E-state index contributed by atoms with van der Waals surface area (Å²) >= 11 is 0. The molecule has 1 aliphatic heterocycles. The van der Waals surface area contributed by atoms with E-state index in [9.17, 15) is 14.7 Å². The van der Waals surface area contributed by atoms with Crippen molar-refractivity contribution in [2.24, 2.45) is 0 Å². The summed E-state index contributed by atoms with van der Waals surface area (Å²) in [5, 5.41) is 9.76. The zero-order valence-electron chi connectivity index (χ0n) is 28.2. The lowest BCUT2D eigenvalue weighted by atomic mass is 10.0. The van der Waals surface area contributed by atoms with Crippen LogP contribution >= 0.6 is 0 Å². The van der Waals surface area contributed by atoms with E-state index in [2.05, 4.69) is 0 Å². The fourth-order valence-electron chi connectivity index (χ4n) is 5.74. The molecule has 1 aromatic rings. The lowest BCUT2D eigenvalue weighted by Crippen LogP contribution is -2.28. The highest BCUT2D eigenvalue weighted by Crippen LogP contribution is 2.26. The van der Waals surface area contributed by atoms with Crippen LogP contribution in [0.15, 0.2) is 24.3 Å². The standard InChI is InChI=1S/C38H62O7/c1-42-36-30-33(25-27-35(36)39)26-28-38(41)45-32-34-31-44-37(40)24-22-20-18-16-14-12-10-8-6-4-2-3-5-7-9-11-13-15-17-19-21-23-29-43-34/h25-28,30,34,39H,2-24,29,31-32H2,1H3/b28-26-. The molecule has 7 nitrogen and oxygen atoms in total. The number of benzene rings is 1. The molecule has 1 heterocycles. The van der Waals surface area contributed by atoms with Crippen LogP contribution in [0.25, 0.3) is 6.08 Å². The molecular weight excluding hydrogens is 568 g/mol. The van der Waals surface area contributed by atoms with Gasteiger partial charge in [0.15, 0.2) is 11.5 Å². The maximum absolute atomic E-state index is 12.4. The van der Waals surface area contributed by atoms with Gasteiger partial charge in [-0.05, 0) is 36.6 Å². The van der Waals surface area contributed by atoms with E-state index < -0.39 is 12.1 Å². The number of cyclic esters (lactones) is 1. The molecule has 1 fully saturated rings. The van der Waals surface area contributed by atoms with Crippen LogP contribution in [0.3, 0.4) is 0 Å². The first kappa shape index (κ1) is 38.6. The van der Waals surface area contributed by atoms with Gasteiger partial charge in [0.1, 0.15) is 19.3 Å². The minimum absolute atomic E-state index is 0.00928. The average Bonchev–Trinajstić information content (AvgIpc) is 3.04. The number of aromatic hydroxyl groups is 1. The topological polar surface area (TPSA) is 91.3 Å². The summed E-state index contributed by atoms with van der Waals surface area (Å²) in [6, 6.07) is 4.82. The van der Waals surface area contributed by atoms with E-state index in [0.717, 1.165) is 25.7 Å². The maximum atomic E-state index is 12.4. The van der Waals surface area contributed by atoms with Gasteiger partial charge in [0.05, 0.1) is 7.11 Å². The van der Waals surface area contributed by atoms with Gasteiger partial charge < -0.3 is 24.1 Å². The number of carbonyl (C=O) groups is 2. The number of phenolic OH excluding ortho intramolecular Hbond substituents is 1. The summed E-state index contributed by atoms with van der Waals surface area (Å²) < 4.78 is 22.1. The van der Waals surface area contributed by atoms with Crippen LogP contribution in [0.1, 0.15) is 153 Å². The van der Waals surface area contributed by atoms with Crippen molar-refractivity contribution in [3.8, 4) is 11.5 Å². The van der Waals surface area contributed by atoms with Gasteiger partial charge in [-0.1, -0.05) is 134 Å². The van der Waals surface area contributed by atoms with Crippen molar-refractivity contribution in [3.05, 3.63) is 29.8 Å². The first-order valence-corrected chi connectivity index (χ1v) is 18.1. The Hall–Kier alpha value is -2.54. The minimum atomic E-state index is -0.519. The molecule has 2 rings (SSSR count). The number of rotatable bonds is 5. The molecule has 1 saturated heterocycles. The quantitative estimate of drug-likeness (QED) is 0.256. The van der Waals surface area contributed by atoms with Crippen molar-refractivity contribution >= 4 is 18.0 Å². The fourth-order valence-corrected chi connectivity index (χ4v) is 5.74. The third-order valence-corrected chi connectivity index (χ3v) is 8.59. The highest BCUT2D eigenvalue weighted by atomic mass is 16.6. The summed E-state index contributed by atoms with van der Waals surface area (Å²) in [6.07, 6.45) is 30.8. The Morgan fingerprint density at radius 2 is 1.27 bits per heavy atom. The molecule has 0 aliphatic carbocycles. The Labute approximate surface area is 273 Å². The molecule has 7 heteroatoms. The Balaban J connectivity index is 1.77. The number of methoxy groups -OCH3 is 1. The second-order valence-corrected chi connectivity index (χ2v) is 12.6. The summed E-state index contributed by atoms with van der Waals surface area (Å²) in [5.41, 5.74) is 0.693. The molecule has 1 aliphatic rings. The molecule has 1 unspecified atom stereocenters. The molecule has 1 atom stereocenters. The molecule has 0 amide bonds. The predicted molar refractivity (Wildman–Crippen MR) is 182 cm³/mol. The fraction of sp³-hybridized carbons (Fsp3) is 0.737. The van der Waals surface area contributed by atoms with Crippen LogP contribution in [0.2, 0.25) is 0 Å². The predicted octanol–water partition coefficient (Wildman–Crippen LogP) is 9.87. The van der Waals surface area contributed by atoms with Crippen molar-refractivity contribution in [1.82, 2.24) is 0 Å². The van der Waals surface area contributed by atoms with Gasteiger partial charge in [-0.2, -0.15) is 0 Å². The Bertz CT molecular complexity index is 929. The van der Waals surface area contributed by atoms with Gasteiger partial charge in [0.2, 0.25) is 0 Å². The van der Waals surface area contributed by atoms with Gasteiger partial charge in [-0.3, -0.25) is 4.79 Å². The molecule has 0 spiro atoms. The third-order valence-electron chi connectivity index (χ3n) is 8.59. The summed E-state index contributed by atoms with van der Waals surface area (Å²) in [6.45, 7) is 0.628. The Kier molecular flexibility index (Phi) is 22.9. The second-order valence-electron chi connectivity index (χ2n) is 12.6. The highest BCUT2D eigenvalue weighted by Gasteiger charge is 2.15. The summed E-state index contributed by atoms with van der Waals surface area (Å²) in [7, 11) is 1.47. The van der Waals surface area contributed by atoms with Gasteiger partial charge in [0.25, 0.3) is 0 Å². The van der Waals surface area contributed by atoms with E-state index in [4.69, 9.17) is 18.9 Å². The smallest absolute Gasteiger partial charge is 0.330 e. The molecule has 0 aromatic heterocycles. The normalized spacial score (nSPS) is 21.1. The van der Waals surface area contributed by atoms with Crippen molar-refractivity contribution in [3.63, 3.8) is 0 Å². The van der Waals surface area contributed by atoms with Crippen LogP contribution in [-0.4, -0.2) is 50.1 Å². The number of carbonyl (C=O) groups excluding carboxylic acids is 2. The number of hydrogen-bond donors (Lipinski definition) is 1. The van der Waals surface area contributed by atoms with Crippen LogP contribution in [0.4, 0.5) is 0 Å². The molecule has 256 valence electrons. The van der Waals surface area contributed by atoms with Crippen molar-refractivity contribution in [1.29, 1.82) is 0 Å². The van der Waals surface area contributed by atoms with Gasteiger partial charge >= 0.3 is 11.9 Å². The molecule has 0 saturated carbocycles. The van der Waals surface area contributed by atoms with Gasteiger partial charge in [0, 0.05) is 19.1 Å². The SMILES string of the molecule is COc1cc(/C=C\C(=O)OCC2COC(=O)CCCCCCCCCCCCCCCCCCCCCCCCO2)ccc1O. The molecule has 1 N–H and O–H groups in total. The van der Waals surface area contributed by atoms with E-state index >= 15 is 0 Å². The second kappa shape index (κ2) is 26.7. The Morgan fingerprint density at radius 3 is 1.78 bits per heavy atom. The lowest BCUT2D eigenvalue weighted by molar-refractivity contribution is -0.153. The van der Waals surface area contributed by atoms with Crippen LogP contribution in [0.5, 0.6) is 11.5 Å². The average molecular weight is 631 g/mol. The van der Waals surface area contributed by atoms with E-state index in [1.54, 1.807) is 18.2 Å². The molecule has 45 heavy (non-hydrogen) atoms. The number of hydrogen-bond acceptors (Lipinski definition) is 7. The first-order chi connectivity index (χ1) is 22.1. The number of esters is 2. The van der Waals surface area contributed by atoms with Crippen LogP contribution in [-0.2, 0) is 23.8 Å². The van der Waals surface area contributed by atoms with Crippen molar-refractivity contribution in [2.45, 2.75) is 154 Å². The van der Waals surface area contributed by atoms with Gasteiger partial charge in [-0.25, -0.2) is 4.79 Å². The minimum Gasteiger partial charge on any atom is -0.504 e. The zero-order chi connectivity index (χ0) is 32.2. The number of phenols is 1. The molecule has 0 bridgehead atoms. The molecule has 0 radical (unpaired) electrons. The zero-order valence-corrected chi connectivity index (χ0v) is 28.2. The van der Waals surface area contributed by atoms with Crippen LogP contribution < -0.4 is 4.74 Å². The number of ether oxygens (including phenoxy) is 4. The molecular formula is C38H62O7. The van der Waals surface area contributed by atoms with Crippen LogP contribution in [0, 0.1) is 0 Å². The van der Waals surface area contributed by atoms with Crippen molar-refractivity contribution < 1.29 is 33.6 Å². The van der Waals surface area contributed by atoms with E-state index in [-0.39, 0.29) is 24.9 Å². The molecule has 1 aromatic carbocycles. The third kappa shape index (κ3) is 21.0. The Morgan fingerprint density at radius 1 is 0.778 bits per heavy atom. The van der Waals surface area contributed by atoms with Crippen molar-refractivity contribution in [2.75, 3.05) is 26.9 Å². The maximum Gasteiger partial charge on any atom is 0.330 e. The summed E-state index contributed by atoms with van der Waals surface area (Å²) in [5.74, 6) is -0.383. The summed E-state index contributed by atoms with van der Waals surface area (Å²) in [4.78, 5) is 24.8. The monoisotopic (exact) mass is 630 g/mol. The van der Waals surface area contributed by atoms with E-state index in [1.165, 1.54) is 135 Å². The van der Waals surface area contributed by atoms with E-state index in [0.29, 0.717) is 24.3 Å².